The summed E-state index contributed by atoms with van der Waals surface area (Å²) in [5.41, 5.74) is 0. The van der Waals surface area contributed by atoms with Crippen LogP contribution in [-0.4, -0.2) is 22.2 Å². The molecule has 86 valence electrons. The van der Waals surface area contributed by atoms with Crippen LogP contribution in [0.4, 0.5) is 0 Å². The van der Waals surface area contributed by atoms with E-state index in [1.54, 1.807) is 6.08 Å². The van der Waals surface area contributed by atoms with Gasteiger partial charge in [0.1, 0.15) is 0 Å². The van der Waals surface area contributed by atoms with Gasteiger partial charge in [0.05, 0.1) is 6.42 Å². The van der Waals surface area contributed by atoms with Crippen LogP contribution in [0.25, 0.3) is 0 Å². The van der Waals surface area contributed by atoms with Crippen molar-refractivity contribution < 1.29 is 19.8 Å². The number of hydrogen-bond donors (Lipinski definition) is 2. The van der Waals surface area contributed by atoms with Gasteiger partial charge in [-0.3, -0.25) is 9.59 Å². The molecule has 15 heavy (non-hydrogen) atoms. The van der Waals surface area contributed by atoms with Gasteiger partial charge in [0.2, 0.25) is 0 Å². The molecule has 0 heterocycles. The Hall–Kier alpha value is -1.32. The Labute approximate surface area is 89.6 Å². The number of rotatable bonds is 9. The smallest absolute Gasteiger partial charge is 0.307 e. The van der Waals surface area contributed by atoms with Crippen molar-refractivity contribution in [3.05, 3.63) is 12.2 Å². The molecule has 0 fully saturated rings. The maximum absolute atomic E-state index is 10.2. The molecule has 0 aliphatic heterocycles. The number of carboxylic acids is 2. The average molecular weight is 214 g/mol. The first-order valence-electron chi connectivity index (χ1n) is 5.21. The molecule has 2 N–H and O–H groups in total. The largest absolute Gasteiger partial charge is 0.481 e. The Balaban J connectivity index is 3.14. The van der Waals surface area contributed by atoms with E-state index in [1.165, 1.54) is 0 Å². The fraction of sp³-hybridized carbons (Fsp3) is 0.636. The topological polar surface area (TPSA) is 74.6 Å². The first-order chi connectivity index (χ1) is 7.13. The van der Waals surface area contributed by atoms with Crippen molar-refractivity contribution >= 4 is 11.9 Å². The molecule has 0 amide bonds. The predicted molar refractivity (Wildman–Crippen MR) is 56.7 cm³/mol. The minimum atomic E-state index is -0.812. The number of carbonyl (C=O) groups is 2. The van der Waals surface area contributed by atoms with Crippen molar-refractivity contribution in [1.29, 1.82) is 0 Å². The summed E-state index contributed by atoms with van der Waals surface area (Å²) in [4.78, 5) is 20.3. The molecule has 0 bridgehead atoms. The molecule has 0 aromatic carbocycles. The lowest BCUT2D eigenvalue weighted by Crippen LogP contribution is -1.93. The Morgan fingerprint density at radius 1 is 0.867 bits per heavy atom. The normalized spacial score (nSPS) is 10.7. The summed E-state index contributed by atoms with van der Waals surface area (Å²) in [6, 6.07) is 0. The van der Waals surface area contributed by atoms with Crippen molar-refractivity contribution in [1.82, 2.24) is 0 Å². The first-order valence-corrected chi connectivity index (χ1v) is 5.21. The molecule has 0 radical (unpaired) electrons. The Morgan fingerprint density at radius 2 is 1.53 bits per heavy atom. The molecule has 0 aliphatic rings. The van der Waals surface area contributed by atoms with Crippen molar-refractivity contribution in [2.45, 2.75) is 44.9 Å². The fourth-order valence-electron chi connectivity index (χ4n) is 1.19. The summed E-state index contributed by atoms with van der Waals surface area (Å²) in [6.07, 6.45) is 8.38. The second-order valence-electron chi connectivity index (χ2n) is 3.42. The highest BCUT2D eigenvalue weighted by Gasteiger charge is 1.95. The van der Waals surface area contributed by atoms with Crippen LogP contribution in [-0.2, 0) is 9.59 Å². The summed E-state index contributed by atoms with van der Waals surface area (Å²) in [5.74, 6) is -1.55. The Bertz CT molecular complexity index is 221. The number of allylic oxidation sites excluding steroid dienone is 1. The van der Waals surface area contributed by atoms with Gasteiger partial charge >= 0.3 is 11.9 Å². The van der Waals surface area contributed by atoms with E-state index in [2.05, 4.69) is 0 Å². The minimum absolute atomic E-state index is 0.0824. The third kappa shape index (κ3) is 12.7. The van der Waals surface area contributed by atoms with E-state index >= 15 is 0 Å². The zero-order chi connectivity index (χ0) is 11.5. The van der Waals surface area contributed by atoms with E-state index < -0.39 is 11.9 Å². The highest BCUT2D eigenvalue weighted by Crippen LogP contribution is 2.05. The van der Waals surface area contributed by atoms with Gasteiger partial charge in [0.15, 0.2) is 0 Å². The van der Waals surface area contributed by atoms with Crippen LogP contribution in [0, 0.1) is 0 Å². The number of unbranched alkanes of at least 4 members (excludes halogenated alkanes) is 4. The number of aliphatic carboxylic acids is 2. The van der Waals surface area contributed by atoms with Gasteiger partial charge in [-0.15, -0.1) is 0 Å². The summed E-state index contributed by atoms with van der Waals surface area (Å²) in [7, 11) is 0. The molecule has 4 nitrogen and oxygen atoms in total. The molecule has 0 saturated carbocycles. The predicted octanol–water partition coefficient (Wildman–Crippen LogP) is 2.44. The van der Waals surface area contributed by atoms with Gasteiger partial charge in [0, 0.05) is 6.42 Å². The lowest BCUT2D eigenvalue weighted by molar-refractivity contribution is -0.137. The molecule has 4 heteroatoms. The summed E-state index contributed by atoms with van der Waals surface area (Å²) < 4.78 is 0. The Morgan fingerprint density at radius 3 is 2.13 bits per heavy atom. The first kappa shape index (κ1) is 13.7. The number of carboxylic acid groups (broad SMARTS) is 2. The second-order valence-corrected chi connectivity index (χ2v) is 3.42. The molecular weight excluding hydrogens is 196 g/mol. The molecule has 0 rings (SSSR count). The van der Waals surface area contributed by atoms with Crippen molar-refractivity contribution in [3.8, 4) is 0 Å². The van der Waals surface area contributed by atoms with Crippen LogP contribution in [0.2, 0.25) is 0 Å². The Kier molecular flexibility index (Phi) is 8.43. The van der Waals surface area contributed by atoms with Crippen LogP contribution in [0.15, 0.2) is 12.2 Å². The van der Waals surface area contributed by atoms with Crippen LogP contribution >= 0.6 is 0 Å². The summed E-state index contributed by atoms with van der Waals surface area (Å²) >= 11 is 0. The molecule has 0 aromatic heterocycles. The van der Waals surface area contributed by atoms with Gasteiger partial charge in [-0.2, -0.15) is 0 Å². The monoisotopic (exact) mass is 214 g/mol. The molecule has 0 spiro atoms. The maximum Gasteiger partial charge on any atom is 0.307 e. The highest BCUT2D eigenvalue weighted by atomic mass is 16.4. The van der Waals surface area contributed by atoms with Crippen molar-refractivity contribution in [2.75, 3.05) is 0 Å². The molecule has 0 atom stereocenters. The van der Waals surface area contributed by atoms with Gasteiger partial charge in [-0.1, -0.05) is 25.0 Å². The third-order valence-corrected chi connectivity index (χ3v) is 1.97. The zero-order valence-electron chi connectivity index (χ0n) is 8.82. The molecule has 0 aromatic rings. The molecule has 0 aliphatic carbocycles. The fourth-order valence-corrected chi connectivity index (χ4v) is 1.19. The van der Waals surface area contributed by atoms with E-state index in [9.17, 15) is 9.59 Å². The van der Waals surface area contributed by atoms with Gasteiger partial charge < -0.3 is 10.2 Å². The summed E-state index contributed by atoms with van der Waals surface area (Å²) in [6.45, 7) is 0. The SMILES string of the molecule is O=C(O)C/C=C/CCCCCCC(=O)O. The zero-order valence-corrected chi connectivity index (χ0v) is 8.82. The van der Waals surface area contributed by atoms with Crippen LogP contribution < -0.4 is 0 Å². The molecule has 0 unspecified atom stereocenters. The van der Waals surface area contributed by atoms with Gasteiger partial charge in [0.25, 0.3) is 0 Å². The van der Waals surface area contributed by atoms with Crippen LogP contribution in [0.1, 0.15) is 44.9 Å². The number of hydrogen-bond acceptors (Lipinski definition) is 2. The van der Waals surface area contributed by atoms with E-state index in [0.717, 1.165) is 32.1 Å². The standard InChI is InChI=1S/C11H18O4/c12-10(13)8-6-4-2-1-3-5-7-9-11(14)15/h4,6H,1-3,5,7-9H2,(H,12,13)(H,14,15)/b6-4+. The lowest BCUT2D eigenvalue weighted by Gasteiger charge is -1.96. The third-order valence-electron chi connectivity index (χ3n) is 1.97. The minimum Gasteiger partial charge on any atom is -0.481 e. The van der Waals surface area contributed by atoms with E-state index in [1.807, 2.05) is 6.08 Å². The second kappa shape index (κ2) is 9.24. The maximum atomic E-state index is 10.2. The summed E-state index contributed by atoms with van der Waals surface area (Å²) in [5, 5.41) is 16.7. The van der Waals surface area contributed by atoms with Crippen molar-refractivity contribution in [2.24, 2.45) is 0 Å². The van der Waals surface area contributed by atoms with Gasteiger partial charge in [-0.05, 0) is 19.3 Å². The van der Waals surface area contributed by atoms with Crippen LogP contribution in [0.3, 0.4) is 0 Å². The molecular formula is C11H18O4. The van der Waals surface area contributed by atoms with E-state index in [-0.39, 0.29) is 12.8 Å². The molecule has 0 saturated heterocycles. The quantitative estimate of drug-likeness (QED) is 0.456. The van der Waals surface area contributed by atoms with Crippen LogP contribution in [0.5, 0.6) is 0 Å². The lowest BCUT2D eigenvalue weighted by atomic mass is 10.1. The van der Waals surface area contributed by atoms with E-state index in [4.69, 9.17) is 10.2 Å². The van der Waals surface area contributed by atoms with E-state index in [0.29, 0.717) is 0 Å². The average Bonchev–Trinajstić information content (AvgIpc) is 2.14. The van der Waals surface area contributed by atoms with Crippen molar-refractivity contribution in [3.63, 3.8) is 0 Å². The highest BCUT2D eigenvalue weighted by molar-refractivity contribution is 5.68. The van der Waals surface area contributed by atoms with Gasteiger partial charge in [-0.25, -0.2) is 0 Å².